The Morgan fingerprint density at radius 3 is 1.96 bits per heavy atom. The lowest BCUT2D eigenvalue weighted by atomic mass is 10.2. The molecule has 0 saturated carbocycles. The second kappa shape index (κ2) is 9.83. The van der Waals surface area contributed by atoms with Crippen molar-refractivity contribution >= 4 is 23.1 Å². The minimum Gasteiger partial charge on any atom is -1.00 e. The van der Waals surface area contributed by atoms with Gasteiger partial charge in [-0.3, -0.25) is 4.90 Å². The van der Waals surface area contributed by atoms with Crippen molar-refractivity contribution in [3.8, 4) is 0 Å². The zero-order valence-electron chi connectivity index (χ0n) is 14.7. The first-order chi connectivity index (χ1) is 12.2. The summed E-state index contributed by atoms with van der Waals surface area (Å²) in [5, 5.41) is 10.7. The van der Waals surface area contributed by atoms with E-state index in [0.29, 0.717) is 13.1 Å². The predicted octanol–water partition coefficient (Wildman–Crippen LogP) is 1.33. The Labute approximate surface area is 166 Å². The zero-order chi connectivity index (χ0) is 17.6. The number of hydrogen-bond acceptors (Lipinski definition) is 4. The van der Waals surface area contributed by atoms with Gasteiger partial charge >= 0.3 is 0 Å². The number of hydrogen-bond donors (Lipinski definition) is 1. The highest BCUT2D eigenvalue weighted by Crippen LogP contribution is 2.47. The van der Waals surface area contributed by atoms with Crippen molar-refractivity contribution in [1.29, 1.82) is 0 Å². The second-order valence-electron chi connectivity index (χ2n) is 6.10. The number of nitrogens with zero attached hydrogens (tertiary/aromatic N) is 2. The van der Waals surface area contributed by atoms with Gasteiger partial charge in [0.1, 0.15) is 0 Å². The first kappa shape index (κ1) is 20.6. The molecule has 1 aliphatic heterocycles. The Bertz CT molecular complexity index is 697. The van der Waals surface area contributed by atoms with Crippen LogP contribution in [0.3, 0.4) is 0 Å². The molecule has 0 fully saturated rings. The average molecular weight is 388 g/mol. The summed E-state index contributed by atoms with van der Waals surface area (Å²) < 4.78 is 0. The molecule has 1 aliphatic rings. The fourth-order valence-electron chi connectivity index (χ4n) is 3.13. The lowest BCUT2D eigenvalue weighted by molar-refractivity contribution is -0.00000728. The zero-order valence-corrected chi connectivity index (χ0v) is 16.3. The topological polar surface area (TPSA) is 26.7 Å². The van der Waals surface area contributed by atoms with Gasteiger partial charge in [-0.05, 0) is 24.3 Å². The summed E-state index contributed by atoms with van der Waals surface area (Å²) in [7, 11) is 0. The molecule has 1 unspecified atom stereocenters. The van der Waals surface area contributed by atoms with E-state index < -0.39 is 6.10 Å². The van der Waals surface area contributed by atoms with Crippen LogP contribution in [-0.4, -0.2) is 42.3 Å². The first-order valence-electron chi connectivity index (χ1n) is 8.48. The van der Waals surface area contributed by atoms with Crippen molar-refractivity contribution in [2.75, 3.05) is 31.1 Å². The number of β-amino-alcohol motifs (C(OH)–C–C–N with tert-alkyl or cyclic N) is 1. The van der Waals surface area contributed by atoms with Crippen molar-refractivity contribution in [2.45, 2.75) is 15.9 Å². The molecule has 1 heterocycles. The minimum atomic E-state index is -0.468. The van der Waals surface area contributed by atoms with Gasteiger partial charge < -0.3 is 22.4 Å². The fraction of sp³-hybridized carbons (Fsp3) is 0.238. The molecule has 2 aromatic rings. The number of rotatable bonds is 8. The quantitative estimate of drug-likeness (QED) is 0.691. The molecule has 0 saturated heterocycles. The maximum absolute atomic E-state index is 10.7. The van der Waals surface area contributed by atoms with Crippen molar-refractivity contribution in [3.63, 3.8) is 0 Å². The first-order valence-corrected chi connectivity index (χ1v) is 9.30. The minimum absolute atomic E-state index is 0. The van der Waals surface area contributed by atoms with Crippen LogP contribution in [0, 0.1) is 0 Å². The van der Waals surface area contributed by atoms with E-state index in [4.69, 9.17) is 0 Å². The van der Waals surface area contributed by atoms with Gasteiger partial charge in [-0.15, -0.1) is 13.2 Å². The molecule has 3 rings (SSSR count). The van der Waals surface area contributed by atoms with Gasteiger partial charge in [-0.1, -0.05) is 48.2 Å². The molecule has 0 aliphatic carbocycles. The molecule has 5 heteroatoms. The van der Waals surface area contributed by atoms with Crippen LogP contribution in [0.2, 0.25) is 0 Å². The summed E-state index contributed by atoms with van der Waals surface area (Å²) in [5.41, 5.74) is 2.31. The van der Waals surface area contributed by atoms with Gasteiger partial charge in [0, 0.05) is 29.4 Å². The fourth-order valence-corrected chi connectivity index (χ4v) is 4.23. The second-order valence-corrected chi connectivity index (χ2v) is 7.18. The van der Waals surface area contributed by atoms with Crippen molar-refractivity contribution in [2.24, 2.45) is 0 Å². The largest absolute Gasteiger partial charge is 1.00 e. The highest BCUT2D eigenvalue weighted by molar-refractivity contribution is 7.99. The Morgan fingerprint density at radius 1 is 0.962 bits per heavy atom. The summed E-state index contributed by atoms with van der Waals surface area (Å²) >= 11 is 1.78. The van der Waals surface area contributed by atoms with E-state index in [-0.39, 0.29) is 12.4 Å². The summed E-state index contributed by atoms with van der Waals surface area (Å²) in [6, 6.07) is 16.7. The van der Waals surface area contributed by atoms with E-state index in [1.165, 1.54) is 9.79 Å². The molecule has 1 atom stereocenters. The number of anilines is 2. The van der Waals surface area contributed by atoms with Gasteiger partial charge in [-0.25, -0.2) is 0 Å². The lowest BCUT2D eigenvalue weighted by Crippen LogP contribution is -3.00. The SMILES string of the molecule is C=CCN(CC=C)CC(O)CN1c2ccccc2Sc2ccccc21.[Cl-]. The van der Waals surface area contributed by atoms with E-state index >= 15 is 0 Å². The maximum atomic E-state index is 10.7. The van der Waals surface area contributed by atoms with Crippen LogP contribution in [0.4, 0.5) is 11.4 Å². The number of halogens is 1. The molecule has 0 spiro atoms. The molecular weight excluding hydrogens is 364 g/mol. The van der Waals surface area contributed by atoms with Crippen LogP contribution in [-0.2, 0) is 0 Å². The molecule has 26 heavy (non-hydrogen) atoms. The Balaban J connectivity index is 0.00000243. The van der Waals surface area contributed by atoms with Crippen molar-refractivity contribution < 1.29 is 17.5 Å². The van der Waals surface area contributed by atoms with Gasteiger partial charge in [0.2, 0.25) is 0 Å². The van der Waals surface area contributed by atoms with Gasteiger partial charge in [0.05, 0.1) is 24.0 Å². The predicted molar refractivity (Wildman–Crippen MR) is 107 cm³/mol. The summed E-state index contributed by atoms with van der Waals surface area (Å²) in [4.78, 5) is 6.82. The van der Waals surface area contributed by atoms with E-state index in [2.05, 4.69) is 71.5 Å². The van der Waals surface area contributed by atoms with Gasteiger partial charge in [0.25, 0.3) is 0 Å². The van der Waals surface area contributed by atoms with Crippen LogP contribution in [0.25, 0.3) is 0 Å². The third-order valence-corrected chi connectivity index (χ3v) is 5.30. The molecule has 1 N–H and O–H groups in total. The standard InChI is InChI=1S/C21H24N2OS.ClH/c1-3-13-22(14-4-2)15-17(24)16-23-18-9-5-7-11-20(18)25-21-12-8-6-10-19(21)23;/h3-12,17,24H,1-2,13-16H2;1H/p-1. The molecule has 0 radical (unpaired) electrons. The number of benzene rings is 2. The summed E-state index contributed by atoms with van der Waals surface area (Å²) in [6.07, 6.45) is 3.25. The van der Waals surface area contributed by atoms with Crippen LogP contribution in [0.15, 0.2) is 83.6 Å². The number of fused-ring (bicyclic) bond motifs is 2. The smallest absolute Gasteiger partial charge is 0.0846 e. The van der Waals surface area contributed by atoms with Crippen molar-refractivity contribution in [1.82, 2.24) is 4.90 Å². The molecule has 3 nitrogen and oxygen atoms in total. The highest BCUT2D eigenvalue weighted by atomic mass is 35.5. The number of aliphatic hydroxyl groups is 1. The molecule has 2 aromatic carbocycles. The maximum Gasteiger partial charge on any atom is 0.0846 e. The lowest BCUT2D eigenvalue weighted by Gasteiger charge is -2.35. The number of para-hydroxylation sites is 2. The highest BCUT2D eigenvalue weighted by Gasteiger charge is 2.25. The number of aliphatic hydroxyl groups excluding tert-OH is 1. The van der Waals surface area contributed by atoms with Crippen LogP contribution in [0.1, 0.15) is 0 Å². The Hall–Kier alpha value is -1.72. The molecule has 0 bridgehead atoms. The van der Waals surface area contributed by atoms with E-state index in [0.717, 1.165) is 24.5 Å². The molecular formula is C21H24ClN2OS-. The van der Waals surface area contributed by atoms with Crippen LogP contribution < -0.4 is 17.3 Å². The van der Waals surface area contributed by atoms with Crippen LogP contribution >= 0.6 is 11.8 Å². The Morgan fingerprint density at radius 2 is 1.46 bits per heavy atom. The Kier molecular flexibility index (Phi) is 7.79. The third kappa shape index (κ3) is 4.71. The normalized spacial score (nSPS) is 13.4. The third-order valence-electron chi connectivity index (χ3n) is 4.17. The average Bonchev–Trinajstić information content (AvgIpc) is 2.62. The summed E-state index contributed by atoms with van der Waals surface area (Å²) in [6.45, 7) is 10.2. The molecule has 0 aromatic heterocycles. The van der Waals surface area contributed by atoms with E-state index in [9.17, 15) is 5.11 Å². The van der Waals surface area contributed by atoms with Gasteiger partial charge in [-0.2, -0.15) is 0 Å². The van der Waals surface area contributed by atoms with E-state index in [1.807, 2.05) is 12.2 Å². The molecule has 0 amide bonds. The van der Waals surface area contributed by atoms with Crippen LogP contribution in [0.5, 0.6) is 0 Å². The van der Waals surface area contributed by atoms with Gasteiger partial charge in [0.15, 0.2) is 0 Å². The van der Waals surface area contributed by atoms with Crippen molar-refractivity contribution in [3.05, 3.63) is 73.8 Å². The van der Waals surface area contributed by atoms with E-state index in [1.54, 1.807) is 11.8 Å². The summed E-state index contributed by atoms with van der Waals surface area (Å²) in [5.74, 6) is 0. The monoisotopic (exact) mass is 387 g/mol. The molecule has 138 valence electrons.